The Morgan fingerprint density at radius 1 is 1.05 bits per heavy atom. The second-order valence-electron chi connectivity index (χ2n) is 9.81. The molecule has 0 amide bonds. The number of benzene rings is 1. The minimum atomic E-state index is -4.86. The maximum Gasteiger partial charge on any atom is 0.421 e. The van der Waals surface area contributed by atoms with Crippen LogP contribution in [0.1, 0.15) is 49.9 Å². The maximum atomic E-state index is 13.5. The second-order valence-corrected chi connectivity index (χ2v) is 13.7. The van der Waals surface area contributed by atoms with E-state index in [1.54, 1.807) is 24.3 Å². The van der Waals surface area contributed by atoms with E-state index >= 15 is 0 Å². The van der Waals surface area contributed by atoms with Crippen LogP contribution in [0, 0.1) is 0 Å². The van der Waals surface area contributed by atoms with Crippen molar-refractivity contribution < 1.29 is 22.5 Å². The first kappa shape index (κ1) is 28.9. The van der Waals surface area contributed by atoms with E-state index in [0.717, 1.165) is 21.0 Å². The lowest BCUT2D eigenvalue weighted by atomic mass is 9.94. The van der Waals surface area contributed by atoms with E-state index in [1.165, 1.54) is 23.6 Å². The van der Waals surface area contributed by atoms with E-state index in [4.69, 9.17) is 23.2 Å². The molecule has 202 valence electrons. The summed E-state index contributed by atoms with van der Waals surface area (Å²) in [6.45, 7) is 6.20. The molecule has 2 N–H and O–H groups in total. The van der Waals surface area contributed by atoms with E-state index in [0.29, 0.717) is 23.2 Å². The second kappa shape index (κ2) is 10.5. The molecular formula is C26H24Cl2F3N3O2S2. The summed E-state index contributed by atoms with van der Waals surface area (Å²) in [7, 11) is -1.50. The summed E-state index contributed by atoms with van der Waals surface area (Å²) < 4.78 is 56.8. The minimum absolute atomic E-state index is 0.220. The van der Waals surface area contributed by atoms with Gasteiger partial charge in [-0.25, -0.2) is 13.9 Å². The Hall–Kier alpha value is -2.08. The number of hydrogen-bond donors (Lipinski definition) is 2. The highest BCUT2D eigenvalue weighted by molar-refractivity contribution is 7.84. The lowest BCUT2D eigenvalue weighted by Crippen LogP contribution is -2.39. The quantitative estimate of drug-likeness (QED) is 0.223. The number of thiophene rings is 1. The molecule has 1 aromatic carbocycles. The fourth-order valence-electron chi connectivity index (χ4n) is 3.64. The van der Waals surface area contributed by atoms with Gasteiger partial charge in [-0.15, -0.1) is 11.3 Å². The SMILES string of the molecule is CC(C)(C)S(=O)N[C@@H](c1cc2cccc(-c3cc([C@](C)(O)C(F)(F)F)ccn3)c2s1)c1nc(Cl)ccc1Cl. The molecule has 12 heteroatoms. The van der Waals surface area contributed by atoms with Gasteiger partial charge in [0.2, 0.25) is 0 Å². The summed E-state index contributed by atoms with van der Waals surface area (Å²) in [6, 6.07) is 12.1. The third-order valence-electron chi connectivity index (χ3n) is 5.89. The summed E-state index contributed by atoms with van der Waals surface area (Å²) in [4.78, 5) is 9.40. The number of alkyl halides is 3. The summed E-state index contributed by atoms with van der Waals surface area (Å²) in [6.07, 6.45) is -3.62. The van der Waals surface area contributed by atoms with Gasteiger partial charge < -0.3 is 5.11 Å². The molecule has 0 fully saturated rings. The molecule has 0 aliphatic rings. The lowest BCUT2D eigenvalue weighted by Gasteiger charge is -2.26. The van der Waals surface area contributed by atoms with Crippen molar-refractivity contribution in [3.63, 3.8) is 0 Å². The van der Waals surface area contributed by atoms with Gasteiger partial charge in [0.1, 0.15) is 5.15 Å². The Labute approximate surface area is 234 Å². The summed E-state index contributed by atoms with van der Waals surface area (Å²) in [5, 5.41) is 11.5. The number of fused-ring (bicyclic) bond motifs is 1. The van der Waals surface area contributed by atoms with Crippen LogP contribution in [0.3, 0.4) is 0 Å². The highest BCUT2D eigenvalue weighted by atomic mass is 35.5. The van der Waals surface area contributed by atoms with Crippen LogP contribution in [0.2, 0.25) is 10.2 Å². The van der Waals surface area contributed by atoms with Gasteiger partial charge in [0.05, 0.1) is 38.2 Å². The van der Waals surface area contributed by atoms with Gasteiger partial charge >= 0.3 is 6.18 Å². The molecule has 5 nitrogen and oxygen atoms in total. The van der Waals surface area contributed by atoms with E-state index in [-0.39, 0.29) is 16.4 Å². The van der Waals surface area contributed by atoms with Gasteiger partial charge in [0.25, 0.3) is 0 Å². The summed E-state index contributed by atoms with van der Waals surface area (Å²) in [5.41, 5.74) is -2.11. The van der Waals surface area contributed by atoms with Crippen LogP contribution in [-0.4, -0.2) is 30.2 Å². The van der Waals surface area contributed by atoms with E-state index in [2.05, 4.69) is 14.7 Å². The zero-order chi connectivity index (χ0) is 28.0. The fourth-order valence-corrected chi connectivity index (χ4v) is 6.13. The third-order valence-corrected chi connectivity index (χ3v) is 9.23. The van der Waals surface area contributed by atoms with Crippen LogP contribution in [0.25, 0.3) is 21.3 Å². The molecule has 3 atom stereocenters. The van der Waals surface area contributed by atoms with E-state index in [1.807, 2.05) is 32.9 Å². The lowest BCUT2D eigenvalue weighted by molar-refractivity contribution is -0.258. The largest absolute Gasteiger partial charge is 0.421 e. The first-order chi connectivity index (χ1) is 17.6. The van der Waals surface area contributed by atoms with Crippen molar-refractivity contribution in [3.05, 3.63) is 81.0 Å². The average molecular weight is 603 g/mol. The van der Waals surface area contributed by atoms with Crippen LogP contribution < -0.4 is 4.72 Å². The highest BCUT2D eigenvalue weighted by Crippen LogP contribution is 2.42. The first-order valence-electron chi connectivity index (χ1n) is 11.4. The van der Waals surface area contributed by atoms with E-state index in [9.17, 15) is 22.5 Å². The maximum absolute atomic E-state index is 13.5. The molecule has 1 unspecified atom stereocenters. The van der Waals surface area contributed by atoms with Crippen LogP contribution in [0.5, 0.6) is 0 Å². The van der Waals surface area contributed by atoms with Crippen LogP contribution >= 0.6 is 34.5 Å². The Kier molecular flexibility index (Phi) is 7.97. The Morgan fingerprint density at radius 2 is 1.76 bits per heavy atom. The molecule has 0 aliphatic carbocycles. The number of nitrogens with one attached hydrogen (secondary N) is 1. The smallest absolute Gasteiger partial charge is 0.376 e. The van der Waals surface area contributed by atoms with Crippen LogP contribution in [0.4, 0.5) is 13.2 Å². The number of pyridine rings is 2. The van der Waals surface area contributed by atoms with Crippen molar-refractivity contribution in [2.75, 3.05) is 0 Å². The van der Waals surface area contributed by atoms with Gasteiger partial charge in [0.15, 0.2) is 5.60 Å². The average Bonchev–Trinajstić information content (AvgIpc) is 3.27. The van der Waals surface area contributed by atoms with Gasteiger partial charge in [-0.2, -0.15) is 13.2 Å². The van der Waals surface area contributed by atoms with Gasteiger partial charge in [-0.1, -0.05) is 41.4 Å². The molecule has 3 aromatic heterocycles. The van der Waals surface area contributed by atoms with Crippen molar-refractivity contribution in [1.82, 2.24) is 14.7 Å². The molecule has 0 radical (unpaired) electrons. The van der Waals surface area contributed by atoms with E-state index < -0.39 is 33.6 Å². The monoisotopic (exact) mass is 601 g/mol. The minimum Gasteiger partial charge on any atom is -0.376 e. The molecule has 4 aromatic rings. The molecular weight excluding hydrogens is 578 g/mol. The Bertz CT molecular complexity index is 1520. The summed E-state index contributed by atoms with van der Waals surface area (Å²) in [5.74, 6) is 0. The van der Waals surface area contributed by atoms with Crippen molar-refractivity contribution in [3.8, 4) is 11.3 Å². The number of aliphatic hydroxyl groups is 1. The molecule has 0 bridgehead atoms. The van der Waals surface area contributed by atoms with Gasteiger partial charge in [-0.05, 0) is 69.0 Å². The topological polar surface area (TPSA) is 75.1 Å². The fraction of sp³-hybridized carbons (Fsp3) is 0.308. The Morgan fingerprint density at radius 3 is 2.42 bits per heavy atom. The van der Waals surface area contributed by atoms with Crippen molar-refractivity contribution >= 4 is 55.6 Å². The normalized spacial score (nSPS) is 15.8. The molecule has 4 rings (SSSR count). The van der Waals surface area contributed by atoms with Crippen LogP contribution in [0.15, 0.2) is 54.7 Å². The first-order valence-corrected chi connectivity index (χ1v) is 14.1. The standard InChI is InChI=1S/C26H24Cl2F3N3O2S2/c1-24(2,3)38(36)34-22(21-17(27)8-9-20(28)33-21)19-12-14-6-5-7-16(23(14)37-19)18-13-15(10-11-32-18)25(4,35)26(29,30)31/h5-13,22,34-35H,1-4H3/t22-,25-,38?/m0/s1. The zero-order valence-corrected chi connectivity index (χ0v) is 23.9. The van der Waals surface area contributed by atoms with Crippen molar-refractivity contribution in [2.24, 2.45) is 0 Å². The zero-order valence-electron chi connectivity index (χ0n) is 20.7. The molecule has 0 saturated carbocycles. The van der Waals surface area contributed by atoms with Gasteiger partial charge in [-0.3, -0.25) is 4.98 Å². The van der Waals surface area contributed by atoms with Gasteiger partial charge in [0, 0.05) is 21.3 Å². The molecule has 38 heavy (non-hydrogen) atoms. The van der Waals surface area contributed by atoms with Crippen molar-refractivity contribution in [1.29, 1.82) is 0 Å². The number of hydrogen-bond acceptors (Lipinski definition) is 5. The summed E-state index contributed by atoms with van der Waals surface area (Å²) >= 11 is 14.0. The predicted octanol–water partition coefficient (Wildman–Crippen LogP) is 7.58. The number of aromatic nitrogens is 2. The predicted molar refractivity (Wildman–Crippen MR) is 148 cm³/mol. The van der Waals surface area contributed by atoms with Crippen LogP contribution in [-0.2, 0) is 16.6 Å². The number of halogens is 5. The molecule has 3 heterocycles. The molecule has 0 aliphatic heterocycles. The van der Waals surface area contributed by atoms with Crippen molar-refractivity contribution in [2.45, 2.75) is 50.3 Å². The molecule has 0 saturated heterocycles. The molecule has 0 spiro atoms. The number of rotatable bonds is 6. The number of nitrogens with zero attached hydrogens (tertiary/aromatic N) is 2. The third kappa shape index (κ3) is 5.76. The Balaban J connectivity index is 1.86. The highest BCUT2D eigenvalue weighted by Gasteiger charge is 2.51.